The Kier molecular flexibility index (Phi) is 4.07. The van der Waals surface area contributed by atoms with E-state index < -0.39 is 0 Å². The van der Waals surface area contributed by atoms with Crippen molar-refractivity contribution in [2.45, 2.75) is 50.3 Å². The second-order valence-corrected chi connectivity index (χ2v) is 6.23. The van der Waals surface area contributed by atoms with Gasteiger partial charge in [-0.1, -0.05) is 66.9 Å². The van der Waals surface area contributed by atoms with E-state index in [9.17, 15) is 0 Å². The van der Waals surface area contributed by atoms with Crippen molar-refractivity contribution in [1.82, 2.24) is 0 Å². The van der Waals surface area contributed by atoms with E-state index in [1.165, 1.54) is 36.8 Å². The van der Waals surface area contributed by atoms with Crippen molar-refractivity contribution < 1.29 is 0 Å². The monoisotopic (exact) mass is 280 g/mol. The van der Waals surface area contributed by atoms with Crippen molar-refractivity contribution in [3.05, 3.63) is 35.4 Å². The third-order valence-electron chi connectivity index (χ3n) is 3.72. The highest BCUT2D eigenvalue weighted by molar-refractivity contribution is 9.09. The summed E-state index contributed by atoms with van der Waals surface area (Å²) in [5, 5.41) is 0. The fourth-order valence-corrected chi connectivity index (χ4v) is 2.89. The van der Waals surface area contributed by atoms with Gasteiger partial charge in [-0.2, -0.15) is 0 Å². The van der Waals surface area contributed by atoms with Crippen LogP contribution in [0.4, 0.5) is 0 Å². The smallest absolute Gasteiger partial charge is 0.0397 e. The van der Waals surface area contributed by atoms with Gasteiger partial charge in [0.05, 0.1) is 0 Å². The molecule has 0 aromatic heterocycles. The Morgan fingerprint density at radius 1 is 1.19 bits per heavy atom. The molecule has 0 radical (unpaired) electrons. The molecule has 0 spiro atoms. The average Bonchev–Trinajstić information content (AvgIpc) is 3.12. The first-order valence-electron chi connectivity index (χ1n) is 6.44. The van der Waals surface area contributed by atoms with Gasteiger partial charge >= 0.3 is 0 Å². The lowest BCUT2D eigenvalue weighted by molar-refractivity contribution is 0.716. The predicted molar refractivity (Wildman–Crippen MR) is 74.2 cm³/mol. The van der Waals surface area contributed by atoms with Gasteiger partial charge in [0.15, 0.2) is 0 Å². The summed E-state index contributed by atoms with van der Waals surface area (Å²) in [5.74, 6) is 1.67. The number of halogens is 1. The largest absolute Gasteiger partial charge is 0.0839 e. The van der Waals surface area contributed by atoms with Crippen molar-refractivity contribution in [3.63, 3.8) is 0 Å². The first-order chi connectivity index (χ1) is 7.70. The van der Waals surface area contributed by atoms with Crippen LogP contribution in [0.25, 0.3) is 0 Å². The lowest BCUT2D eigenvalue weighted by Crippen LogP contribution is -1.94. The van der Waals surface area contributed by atoms with E-state index in [0.29, 0.717) is 10.7 Å². The normalized spacial score (nSPS) is 19.4. The molecule has 1 saturated carbocycles. The van der Waals surface area contributed by atoms with Gasteiger partial charge in [-0.05, 0) is 35.8 Å². The van der Waals surface area contributed by atoms with E-state index in [-0.39, 0.29) is 0 Å². The minimum Gasteiger partial charge on any atom is -0.0839 e. The molecule has 1 aromatic rings. The number of hydrogen-bond donors (Lipinski definition) is 0. The molecule has 1 aliphatic rings. The van der Waals surface area contributed by atoms with Crippen molar-refractivity contribution >= 4 is 15.9 Å². The summed E-state index contributed by atoms with van der Waals surface area (Å²) in [6, 6.07) is 9.18. The second-order valence-electron chi connectivity index (χ2n) is 5.12. The zero-order chi connectivity index (χ0) is 11.5. The molecule has 0 nitrogen and oxygen atoms in total. The molecule has 0 bridgehead atoms. The van der Waals surface area contributed by atoms with E-state index >= 15 is 0 Å². The summed E-state index contributed by atoms with van der Waals surface area (Å²) in [6.45, 7) is 4.55. The third-order valence-corrected chi connectivity index (χ3v) is 4.62. The molecule has 0 heterocycles. The molecule has 88 valence electrons. The van der Waals surface area contributed by atoms with Crippen LogP contribution in [0.5, 0.6) is 0 Å². The molecule has 1 heteroatoms. The minimum absolute atomic E-state index is 0.561. The molecule has 1 fully saturated rings. The molecule has 16 heavy (non-hydrogen) atoms. The van der Waals surface area contributed by atoms with Crippen LogP contribution in [0.2, 0.25) is 0 Å². The van der Waals surface area contributed by atoms with Gasteiger partial charge in [0.25, 0.3) is 0 Å². The Balaban J connectivity index is 1.99. The molecule has 2 unspecified atom stereocenters. The summed E-state index contributed by atoms with van der Waals surface area (Å²) in [5.41, 5.74) is 2.91. The van der Waals surface area contributed by atoms with E-state index in [4.69, 9.17) is 0 Å². The topological polar surface area (TPSA) is 0 Å². The first-order valence-corrected chi connectivity index (χ1v) is 7.36. The lowest BCUT2D eigenvalue weighted by atomic mass is 9.96. The maximum Gasteiger partial charge on any atom is 0.0397 e. The molecule has 1 aromatic carbocycles. The van der Waals surface area contributed by atoms with Gasteiger partial charge in [0, 0.05) is 4.83 Å². The van der Waals surface area contributed by atoms with E-state index in [2.05, 4.69) is 54.0 Å². The van der Waals surface area contributed by atoms with Gasteiger partial charge in [-0.3, -0.25) is 0 Å². The SMILES string of the molecule is CCC(C)c1ccc(C(Br)CC2CC2)cc1. The van der Waals surface area contributed by atoms with Gasteiger partial charge < -0.3 is 0 Å². The molecule has 0 saturated heterocycles. The van der Waals surface area contributed by atoms with Crippen LogP contribution in [-0.4, -0.2) is 0 Å². The quantitative estimate of drug-likeness (QED) is 0.631. The van der Waals surface area contributed by atoms with Crippen LogP contribution in [0.15, 0.2) is 24.3 Å². The Hall–Kier alpha value is -0.300. The van der Waals surface area contributed by atoms with Crippen molar-refractivity contribution in [1.29, 1.82) is 0 Å². The highest BCUT2D eigenvalue weighted by Gasteiger charge is 2.24. The Labute approximate surface area is 108 Å². The Bertz CT molecular complexity index is 324. The van der Waals surface area contributed by atoms with Crippen LogP contribution in [0, 0.1) is 5.92 Å². The lowest BCUT2D eigenvalue weighted by Gasteiger charge is -2.13. The van der Waals surface area contributed by atoms with Crippen LogP contribution in [0.3, 0.4) is 0 Å². The molecule has 0 N–H and O–H groups in total. The highest BCUT2D eigenvalue weighted by atomic mass is 79.9. The Morgan fingerprint density at radius 2 is 1.75 bits per heavy atom. The van der Waals surface area contributed by atoms with Crippen LogP contribution < -0.4 is 0 Å². The summed E-state index contributed by atoms with van der Waals surface area (Å²) >= 11 is 3.81. The summed E-state index contributed by atoms with van der Waals surface area (Å²) < 4.78 is 0. The van der Waals surface area contributed by atoms with Crippen LogP contribution in [0.1, 0.15) is 61.4 Å². The molecule has 0 aliphatic heterocycles. The molecule has 1 aliphatic carbocycles. The van der Waals surface area contributed by atoms with Crippen LogP contribution in [-0.2, 0) is 0 Å². The van der Waals surface area contributed by atoms with Gasteiger partial charge in [-0.25, -0.2) is 0 Å². The molecule has 0 amide bonds. The standard InChI is InChI=1S/C15H21Br/c1-3-11(2)13-6-8-14(9-7-13)15(16)10-12-4-5-12/h6-9,11-12,15H,3-5,10H2,1-2H3. The van der Waals surface area contributed by atoms with Crippen molar-refractivity contribution in [3.8, 4) is 0 Å². The fraction of sp³-hybridized carbons (Fsp3) is 0.600. The molecular weight excluding hydrogens is 260 g/mol. The maximum absolute atomic E-state index is 3.81. The fourth-order valence-electron chi connectivity index (χ4n) is 2.05. The zero-order valence-corrected chi connectivity index (χ0v) is 11.8. The third kappa shape index (κ3) is 3.10. The number of alkyl halides is 1. The number of rotatable bonds is 5. The summed E-state index contributed by atoms with van der Waals surface area (Å²) in [6.07, 6.45) is 5.40. The molecule has 2 rings (SSSR count). The summed E-state index contributed by atoms with van der Waals surface area (Å²) in [4.78, 5) is 0.561. The molecule has 2 atom stereocenters. The zero-order valence-electron chi connectivity index (χ0n) is 10.2. The number of benzene rings is 1. The van der Waals surface area contributed by atoms with Crippen LogP contribution >= 0.6 is 15.9 Å². The maximum atomic E-state index is 3.81. The minimum atomic E-state index is 0.561. The van der Waals surface area contributed by atoms with E-state index in [0.717, 1.165) is 5.92 Å². The summed E-state index contributed by atoms with van der Waals surface area (Å²) in [7, 11) is 0. The first kappa shape index (κ1) is 12.2. The van der Waals surface area contributed by atoms with Gasteiger partial charge in [0.1, 0.15) is 0 Å². The van der Waals surface area contributed by atoms with E-state index in [1.807, 2.05) is 0 Å². The second kappa shape index (κ2) is 5.35. The highest BCUT2D eigenvalue weighted by Crippen LogP contribution is 2.41. The van der Waals surface area contributed by atoms with Gasteiger partial charge in [0.2, 0.25) is 0 Å². The Morgan fingerprint density at radius 3 is 2.25 bits per heavy atom. The van der Waals surface area contributed by atoms with Crippen molar-refractivity contribution in [2.24, 2.45) is 5.92 Å². The predicted octanol–water partition coefficient (Wildman–Crippen LogP) is 5.44. The van der Waals surface area contributed by atoms with Crippen molar-refractivity contribution in [2.75, 3.05) is 0 Å². The van der Waals surface area contributed by atoms with Gasteiger partial charge in [-0.15, -0.1) is 0 Å². The van der Waals surface area contributed by atoms with E-state index in [1.54, 1.807) is 0 Å². The molecular formula is C15H21Br. The average molecular weight is 281 g/mol. The number of hydrogen-bond acceptors (Lipinski definition) is 0.